The molecule has 0 saturated heterocycles. The zero-order valence-corrected chi connectivity index (χ0v) is 16.9. The van der Waals surface area contributed by atoms with Crippen molar-refractivity contribution in [3.05, 3.63) is 67.4 Å². The molecule has 0 aliphatic heterocycles. The highest BCUT2D eigenvalue weighted by Crippen LogP contribution is 2.26. The summed E-state index contributed by atoms with van der Waals surface area (Å²) in [6.07, 6.45) is 1.77. The Bertz CT molecular complexity index is 1250. The molecule has 136 valence electrons. The Morgan fingerprint density at radius 2 is 1.96 bits per heavy atom. The molecule has 0 bridgehead atoms. The van der Waals surface area contributed by atoms with Crippen LogP contribution in [-0.2, 0) is 0 Å². The van der Waals surface area contributed by atoms with Gasteiger partial charge in [0.25, 0.3) is 5.56 Å². The minimum atomic E-state index is -0.217. The molecular weight excluding hydrogens is 430 g/mol. The first-order valence-electron chi connectivity index (χ1n) is 7.99. The number of fused-ring (bicyclic) bond motifs is 1. The number of rotatable bonds is 4. The van der Waals surface area contributed by atoms with Gasteiger partial charge in [0, 0.05) is 15.6 Å². The van der Waals surface area contributed by atoms with Gasteiger partial charge in [-0.05, 0) is 36.4 Å². The van der Waals surface area contributed by atoms with Crippen molar-refractivity contribution in [1.29, 1.82) is 0 Å². The molecule has 4 aromatic rings. The number of aromatic nitrogens is 3. The molecule has 0 unspecified atom stereocenters. The fourth-order valence-electron chi connectivity index (χ4n) is 2.68. The van der Waals surface area contributed by atoms with Crippen LogP contribution in [0.2, 0.25) is 0 Å². The van der Waals surface area contributed by atoms with Crippen molar-refractivity contribution in [2.45, 2.75) is 0 Å². The van der Waals surface area contributed by atoms with Crippen LogP contribution < -0.4 is 19.6 Å². The SMILES string of the molecule is COc1ccc(OC)c(/C=c2/sc3nc(-c4ccccc4Br)nn3c2=O)c1. The number of hydrogen-bond acceptors (Lipinski definition) is 6. The molecule has 8 heteroatoms. The molecule has 0 amide bonds. The topological polar surface area (TPSA) is 65.7 Å². The van der Waals surface area contributed by atoms with E-state index in [0.717, 1.165) is 15.6 Å². The molecule has 0 N–H and O–H groups in total. The van der Waals surface area contributed by atoms with E-state index in [1.165, 1.54) is 15.9 Å². The van der Waals surface area contributed by atoms with Crippen LogP contribution in [0.4, 0.5) is 0 Å². The lowest BCUT2D eigenvalue weighted by molar-refractivity contribution is 0.402. The van der Waals surface area contributed by atoms with Crippen molar-refractivity contribution in [3.63, 3.8) is 0 Å². The van der Waals surface area contributed by atoms with Crippen molar-refractivity contribution in [3.8, 4) is 22.9 Å². The number of hydrogen-bond donors (Lipinski definition) is 0. The van der Waals surface area contributed by atoms with Gasteiger partial charge in [-0.25, -0.2) is 0 Å². The minimum absolute atomic E-state index is 0.217. The maximum Gasteiger partial charge on any atom is 0.291 e. The van der Waals surface area contributed by atoms with Crippen LogP contribution >= 0.6 is 27.3 Å². The maximum atomic E-state index is 12.8. The molecule has 2 aromatic carbocycles. The summed E-state index contributed by atoms with van der Waals surface area (Å²) in [6.45, 7) is 0. The normalized spacial score (nSPS) is 11.9. The summed E-state index contributed by atoms with van der Waals surface area (Å²) in [5.74, 6) is 1.85. The average molecular weight is 444 g/mol. The average Bonchev–Trinajstić information content (AvgIpc) is 3.22. The number of thiazole rings is 1. The Balaban J connectivity index is 1.85. The fourth-order valence-corrected chi connectivity index (χ4v) is 4.04. The molecule has 4 rings (SSSR count). The lowest BCUT2D eigenvalue weighted by Crippen LogP contribution is -2.23. The molecule has 2 aromatic heterocycles. The van der Waals surface area contributed by atoms with Gasteiger partial charge in [0.2, 0.25) is 4.96 Å². The van der Waals surface area contributed by atoms with Crippen molar-refractivity contribution < 1.29 is 9.47 Å². The molecule has 0 aliphatic rings. The third-order valence-corrected chi connectivity index (χ3v) is 5.67. The number of nitrogens with zero attached hydrogens (tertiary/aromatic N) is 3. The Morgan fingerprint density at radius 3 is 2.67 bits per heavy atom. The van der Waals surface area contributed by atoms with E-state index >= 15 is 0 Å². The second kappa shape index (κ2) is 7.13. The minimum Gasteiger partial charge on any atom is -0.497 e. The summed E-state index contributed by atoms with van der Waals surface area (Å²) in [4.78, 5) is 17.8. The van der Waals surface area contributed by atoms with Crippen molar-refractivity contribution >= 4 is 38.3 Å². The van der Waals surface area contributed by atoms with E-state index in [4.69, 9.17) is 9.47 Å². The molecule has 0 aliphatic carbocycles. The molecular formula is C19H14BrN3O3S. The summed E-state index contributed by atoms with van der Waals surface area (Å²) >= 11 is 4.77. The molecule has 27 heavy (non-hydrogen) atoms. The Hall–Kier alpha value is -2.71. The second-order valence-corrected chi connectivity index (χ2v) is 7.50. The zero-order chi connectivity index (χ0) is 19.0. The number of ether oxygens (including phenoxy) is 2. The maximum absolute atomic E-state index is 12.8. The highest BCUT2D eigenvalue weighted by molar-refractivity contribution is 9.10. The lowest BCUT2D eigenvalue weighted by atomic mass is 10.2. The monoisotopic (exact) mass is 443 g/mol. The summed E-state index contributed by atoms with van der Waals surface area (Å²) in [6, 6.07) is 13.1. The van der Waals surface area contributed by atoms with Gasteiger partial charge >= 0.3 is 0 Å². The van der Waals surface area contributed by atoms with E-state index in [-0.39, 0.29) is 5.56 Å². The summed E-state index contributed by atoms with van der Waals surface area (Å²) in [7, 11) is 3.18. The predicted octanol–water partition coefficient (Wildman–Crippen LogP) is 3.15. The van der Waals surface area contributed by atoms with Gasteiger partial charge < -0.3 is 9.47 Å². The summed E-state index contributed by atoms with van der Waals surface area (Å²) in [5.41, 5.74) is 1.38. The Kier molecular flexibility index (Phi) is 4.67. The summed E-state index contributed by atoms with van der Waals surface area (Å²) < 4.78 is 13.4. The standard InChI is InChI=1S/C19H14BrN3O3S/c1-25-12-7-8-15(26-2)11(9-12)10-16-18(24)23-19(27-16)21-17(22-23)13-5-3-4-6-14(13)20/h3-10H,1-2H3/b16-10+. The van der Waals surface area contributed by atoms with Crippen molar-refractivity contribution in [2.75, 3.05) is 14.2 Å². The van der Waals surface area contributed by atoms with E-state index in [1.54, 1.807) is 32.4 Å². The Labute approximate surface area is 166 Å². The van der Waals surface area contributed by atoms with Gasteiger partial charge in [-0.3, -0.25) is 4.79 Å². The molecule has 0 atom stereocenters. The molecule has 2 heterocycles. The summed E-state index contributed by atoms with van der Waals surface area (Å²) in [5, 5.41) is 4.38. The highest BCUT2D eigenvalue weighted by Gasteiger charge is 2.14. The van der Waals surface area contributed by atoms with E-state index in [2.05, 4.69) is 26.0 Å². The first-order chi connectivity index (χ1) is 13.1. The smallest absolute Gasteiger partial charge is 0.291 e. The van der Waals surface area contributed by atoms with Crippen LogP contribution in [0, 0.1) is 0 Å². The van der Waals surface area contributed by atoms with E-state index < -0.39 is 0 Å². The first kappa shape index (κ1) is 17.7. The first-order valence-corrected chi connectivity index (χ1v) is 9.60. The fraction of sp³-hybridized carbons (Fsp3) is 0.105. The van der Waals surface area contributed by atoms with Crippen LogP contribution in [0.3, 0.4) is 0 Å². The second-order valence-electron chi connectivity index (χ2n) is 5.63. The van der Waals surface area contributed by atoms with Gasteiger partial charge in [0.15, 0.2) is 5.82 Å². The van der Waals surface area contributed by atoms with Gasteiger partial charge in [-0.1, -0.05) is 39.4 Å². The van der Waals surface area contributed by atoms with Crippen molar-refractivity contribution in [1.82, 2.24) is 14.6 Å². The molecule has 6 nitrogen and oxygen atoms in total. The molecule has 0 radical (unpaired) electrons. The zero-order valence-electron chi connectivity index (χ0n) is 14.5. The van der Waals surface area contributed by atoms with E-state index in [0.29, 0.717) is 26.8 Å². The quantitative estimate of drug-likeness (QED) is 0.484. The van der Waals surface area contributed by atoms with Crippen LogP contribution in [0.25, 0.3) is 22.4 Å². The van der Waals surface area contributed by atoms with E-state index in [1.807, 2.05) is 30.3 Å². The number of methoxy groups -OCH3 is 2. The van der Waals surface area contributed by atoms with Crippen LogP contribution in [0.5, 0.6) is 11.5 Å². The van der Waals surface area contributed by atoms with Crippen LogP contribution in [0.1, 0.15) is 5.56 Å². The third kappa shape index (κ3) is 3.22. The molecule has 0 spiro atoms. The van der Waals surface area contributed by atoms with Gasteiger partial charge in [-0.2, -0.15) is 9.50 Å². The molecule has 0 fully saturated rings. The number of benzene rings is 2. The van der Waals surface area contributed by atoms with Gasteiger partial charge in [0.05, 0.1) is 18.8 Å². The van der Waals surface area contributed by atoms with Crippen LogP contribution in [-0.4, -0.2) is 28.8 Å². The van der Waals surface area contributed by atoms with Crippen LogP contribution in [0.15, 0.2) is 51.7 Å². The Morgan fingerprint density at radius 1 is 1.15 bits per heavy atom. The predicted molar refractivity (Wildman–Crippen MR) is 109 cm³/mol. The highest BCUT2D eigenvalue weighted by atomic mass is 79.9. The largest absolute Gasteiger partial charge is 0.497 e. The van der Waals surface area contributed by atoms with Crippen molar-refractivity contribution in [2.24, 2.45) is 0 Å². The third-order valence-electron chi connectivity index (χ3n) is 4.02. The molecule has 0 saturated carbocycles. The van der Waals surface area contributed by atoms with Gasteiger partial charge in [-0.15, -0.1) is 5.10 Å². The lowest BCUT2D eigenvalue weighted by Gasteiger charge is -2.06. The van der Waals surface area contributed by atoms with E-state index in [9.17, 15) is 4.79 Å². The van der Waals surface area contributed by atoms with Gasteiger partial charge in [0.1, 0.15) is 11.5 Å². The number of halogens is 1.